The van der Waals surface area contributed by atoms with Crippen molar-refractivity contribution in [2.75, 3.05) is 25.4 Å². The fraction of sp³-hybridized carbons (Fsp3) is 0.357. The minimum absolute atomic E-state index is 0.0333. The van der Waals surface area contributed by atoms with Gasteiger partial charge in [0.15, 0.2) is 4.34 Å². The predicted molar refractivity (Wildman–Crippen MR) is 92.3 cm³/mol. The first kappa shape index (κ1) is 17.9. The summed E-state index contributed by atoms with van der Waals surface area (Å²) in [7, 11) is 0. The molecule has 5 nitrogen and oxygen atoms in total. The van der Waals surface area contributed by atoms with Gasteiger partial charge in [-0.2, -0.15) is 0 Å². The molecule has 1 amide bonds. The number of morpholine rings is 1. The van der Waals surface area contributed by atoms with Gasteiger partial charge in [0.1, 0.15) is 17.4 Å². The standard InChI is InChI=1S/C14H12Cl2FN3O2S2/c15-9-4-10(16)11(17)3-8(9)12-5-20(1-2-22-12)13(21)6-23-14-19-18-7-24-14/h3-4,7,12H,1-2,5-6H2/t12-/m1/s1. The predicted octanol–water partition coefficient (Wildman–Crippen LogP) is 3.68. The molecule has 2 aromatic rings. The van der Waals surface area contributed by atoms with Gasteiger partial charge >= 0.3 is 0 Å². The second kappa shape index (κ2) is 7.97. The summed E-state index contributed by atoms with van der Waals surface area (Å²) in [5, 5.41) is 7.90. The molecule has 1 aromatic carbocycles. The van der Waals surface area contributed by atoms with Crippen LogP contribution in [-0.2, 0) is 9.53 Å². The first-order valence-electron chi connectivity index (χ1n) is 6.97. The molecule has 0 unspecified atom stereocenters. The van der Waals surface area contributed by atoms with Crippen LogP contribution in [0.4, 0.5) is 4.39 Å². The Morgan fingerprint density at radius 1 is 1.46 bits per heavy atom. The molecule has 24 heavy (non-hydrogen) atoms. The number of benzene rings is 1. The average molecular weight is 408 g/mol. The average Bonchev–Trinajstić information content (AvgIpc) is 3.09. The van der Waals surface area contributed by atoms with E-state index in [-0.39, 0.29) is 16.7 Å². The van der Waals surface area contributed by atoms with Crippen molar-refractivity contribution in [3.05, 3.63) is 39.1 Å². The van der Waals surface area contributed by atoms with E-state index in [1.54, 1.807) is 10.4 Å². The number of thioether (sulfide) groups is 1. The van der Waals surface area contributed by atoms with Crippen LogP contribution in [0.3, 0.4) is 0 Å². The molecule has 1 fully saturated rings. The van der Waals surface area contributed by atoms with Crippen molar-refractivity contribution in [1.82, 2.24) is 15.1 Å². The van der Waals surface area contributed by atoms with Crippen LogP contribution in [0.5, 0.6) is 0 Å². The lowest BCUT2D eigenvalue weighted by molar-refractivity contribution is -0.136. The lowest BCUT2D eigenvalue weighted by atomic mass is 10.1. The van der Waals surface area contributed by atoms with E-state index in [2.05, 4.69) is 10.2 Å². The maximum atomic E-state index is 13.7. The molecule has 128 valence electrons. The molecule has 0 aliphatic carbocycles. The first-order valence-corrected chi connectivity index (χ1v) is 9.59. The smallest absolute Gasteiger partial charge is 0.233 e. The number of halogens is 3. The van der Waals surface area contributed by atoms with Gasteiger partial charge in [-0.3, -0.25) is 4.79 Å². The van der Waals surface area contributed by atoms with Crippen LogP contribution < -0.4 is 0 Å². The van der Waals surface area contributed by atoms with Gasteiger partial charge in [-0.25, -0.2) is 4.39 Å². The van der Waals surface area contributed by atoms with Crippen molar-refractivity contribution in [1.29, 1.82) is 0 Å². The molecule has 0 spiro atoms. The minimum Gasteiger partial charge on any atom is -0.370 e. The van der Waals surface area contributed by atoms with Gasteiger partial charge in [0.05, 0.1) is 23.9 Å². The number of amides is 1. The van der Waals surface area contributed by atoms with Crippen LogP contribution >= 0.6 is 46.3 Å². The number of rotatable bonds is 4. The maximum absolute atomic E-state index is 13.7. The first-order chi connectivity index (χ1) is 11.5. The summed E-state index contributed by atoms with van der Waals surface area (Å²) >= 11 is 14.6. The van der Waals surface area contributed by atoms with Crippen LogP contribution in [0, 0.1) is 5.82 Å². The third-order valence-corrected chi connectivity index (χ3v) is 5.93. The van der Waals surface area contributed by atoms with E-state index < -0.39 is 11.9 Å². The normalized spacial score (nSPS) is 18.0. The van der Waals surface area contributed by atoms with Crippen LogP contribution in [-0.4, -0.2) is 46.5 Å². The molecule has 1 saturated heterocycles. The van der Waals surface area contributed by atoms with Crippen molar-refractivity contribution in [2.45, 2.75) is 10.4 Å². The number of aromatic nitrogens is 2. The highest BCUT2D eigenvalue weighted by Gasteiger charge is 2.27. The SMILES string of the molecule is O=C(CSc1nncs1)N1CCO[C@@H](c2cc(F)c(Cl)cc2Cl)C1. The second-order valence-corrected chi connectivity index (χ2v) is 7.85. The Morgan fingerprint density at radius 2 is 2.29 bits per heavy atom. The Labute approximate surface area is 156 Å². The Bertz CT molecular complexity index is 733. The number of carbonyl (C=O) groups excluding carboxylic acids is 1. The Hall–Kier alpha value is -0.930. The van der Waals surface area contributed by atoms with Crippen LogP contribution in [0.1, 0.15) is 11.7 Å². The molecular formula is C14H12Cl2FN3O2S2. The molecule has 0 saturated carbocycles. The highest BCUT2D eigenvalue weighted by Crippen LogP contribution is 2.32. The van der Waals surface area contributed by atoms with Crippen LogP contribution in [0.2, 0.25) is 10.0 Å². The molecule has 0 radical (unpaired) electrons. The molecule has 1 atom stereocenters. The highest BCUT2D eigenvalue weighted by atomic mass is 35.5. The minimum atomic E-state index is -0.560. The molecule has 1 aliphatic heterocycles. The second-order valence-electron chi connectivity index (χ2n) is 4.98. The van der Waals surface area contributed by atoms with E-state index in [1.807, 2.05) is 0 Å². The van der Waals surface area contributed by atoms with Crippen LogP contribution in [0.15, 0.2) is 22.0 Å². The molecule has 0 N–H and O–H groups in total. The molecule has 2 heterocycles. The molecule has 3 rings (SSSR count). The molecular weight excluding hydrogens is 396 g/mol. The van der Waals surface area contributed by atoms with Gasteiger partial charge in [0, 0.05) is 17.1 Å². The lowest BCUT2D eigenvalue weighted by Gasteiger charge is -2.33. The van der Waals surface area contributed by atoms with Gasteiger partial charge in [-0.1, -0.05) is 46.3 Å². The van der Waals surface area contributed by atoms with Gasteiger partial charge in [-0.05, 0) is 12.1 Å². The molecule has 10 heteroatoms. The van der Waals surface area contributed by atoms with Gasteiger partial charge in [-0.15, -0.1) is 10.2 Å². The number of hydrogen-bond acceptors (Lipinski definition) is 6. The van der Waals surface area contributed by atoms with Crippen molar-refractivity contribution >= 4 is 52.2 Å². The summed E-state index contributed by atoms with van der Waals surface area (Å²) in [5.74, 6) is -0.325. The zero-order chi connectivity index (χ0) is 17.1. The van der Waals surface area contributed by atoms with Crippen molar-refractivity contribution in [2.24, 2.45) is 0 Å². The summed E-state index contributed by atoms with van der Waals surface area (Å²) in [4.78, 5) is 14.0. The Morgan fingerprint density at radius 3 is 3.04 bits per heavy atom. The van der Waals surface area contributed by atoms with E-state index in [0.29, 0.717) is 30.3 Å². The molecule has 1 aromatic heterocycles. The fourth-order valence-corrected chi connectivity index (χ4v) is 4.19. The van der Waals surface area contributed by atoms with Gasteiger partial charge in [0.2, 0.25) is 5.91 Å². The van der Waals surface area contributed by atoms with E-state index in [0.717, 1.165) is 4.34 Å². The summed E-state index contributed by atoms with van der Waals surface area (Å²) in [6, 6.07) is 2.61. The van der Waals surface area contributed by atoms with E-state index >= 15 is 0 Å². The number of ether oxygens (including phenoxy) is 1. The Kier molecular flexibility index (Phi) is 5.93. The van der Waals surface area contributed by atoms with Crippen LogP contribution in [0.25, 0.3) is 0 Å². The van der Waals surface area contributed by atoms with E-state index in [1.165, 1.54) is 35.2 Å². The third-order valence-electron chi connectivity index (χ3n) is 3.46. The lowest BCUT2D eigenvalue weighted by Crippen LogP contribution is -2.43. The summed E-state index contributed by atoms with van der Waals surface area (Å²) in [5.41, 5.74) is 2.11. The number of hydrogen-bond donors (Lipinski definition) is 0. The van der Waals surface area contributed by atoms with Gasteiger partial charge in [0.25, 0.3) is 0 Å². The highest BCUT2D eigenvalue weighted by molar-refractivity contribution is 8.01. The van der Waals surface area contributed by atoms with E-state index in [9.17, 15) is 9.18 Å². The topological polar surface area (TPSA) is 55.3 Å². The summed E-state index contributed by atoms with van der Waals surface area (Å²) in [6.45, 7) is 1.16. The number of carbonyl (C=O) groups is 1. The Balaban J connectivity index is 1.65. The zero-order valence-corrected chi connectivity index (χ0v) is 15.4. The molecule has 1 aliphatic rings. The van der Waals surface area contributed by atoms with Crippen molar-refractivity contribution < 1.29 is 13.9 Å². The zero-order valence-electron chi connectivity index (χ0n) is 12.2. The quantitative estimate of drug-likeness (QED) is 0.571. The number of nitrogens with zero attached hydrogens (tertiary/aromatic N) is 3. The maximum Gasteiger partial charge on any atom is 0.233 e. The monoisotopic (exact) mass is 407 g/mol. The van der Waals surface area contributed by atoms with Crippen molar-refractivity contribution in [3.63, 3.8) is 0 Å². The molecule has 0 bridgehead atoms. The fourth-order valence-electron chi connectivity index (χ4n) is 2.29. The largest absolute Gasteiger partial charge is 0.370 e. The van der Waals surface area contributed by atoms with Crippen molar-refractivity contribution in [3.8, 4) is 0 Å². The summed E-state index contributed by atoms with van der Waals surface area (Å²) in [6.07, 6.45) is -0.478. The summed E-state index contributed by atoms with van der Waals surface area (Å²) < 4.78 is 20.1. The van der Waals surface area contributed by atoms with E-state index in [4.69, 9.17) is 27.9 Å². The van der Waals surface area contributed by atoms with Gasteiger partial charge < -0.3 is 9.64 Å². The third kappa shape index (κ3) is 4.18.